The quantitative estimate of drug-likeness (QED) is 0.633. The highest BCUT2D eigenvalue weighted by atomic mass is 16.7. The summed E-state index contributed by atoms with van der Waals surface area (Å²) in [6.45, 7) is 2.79. The van der Waals surface area contributed by atoms with Gasteiger partial charge in [-0.15, -0.1) is 0 Å². The zero-order valence-corrected chi connectivity index (χ0v) is 11.4. The number of carbonyl (C=O) groups excluding carboxylic acids is 4. The lowest BCUT2D eigenvalue weighted by molar-refractivity contribution is -0.167. The van der Waals surface area contributed by atoms with Gasteiger partial charge in [0.2, 0.25) is 0 Å². The van der Waals surface area contributed by atoms with Crippen molar-refractivity contribution in [2.75, 3.05) is 13.2 Å². The summed E-state index contributed by atoms with van der Waals surface area (Å²) in [5.74, 6) is -2.45. The van der Waals surface area contributed by atoms with E-state index in [1.54, 1.807) is 12.1 Å². The van der Waals surface area contributed by atoms with Gasteiger partial charge in [0.15, 0.2) is 0 Å². The van der Waals surface area contributed by atoms with Gasteiger partial charge in [0.1, 0.15) is 13.2 Å². The molecule has 3 amide bonds. The standard InChI is InChI=1S/C14H12N2O6/c1-2-7-21-14(20)15-8-11(17)22-16-12(18)9-5-3-4-6-10(9)13(16)19/h2-6H,1,7-8H2,(H,15,20). The molecule has 0 spiro atoms. The van der Waals surface area contributed by atoms with Crippen molar-refractivity contribution in [2.45, 2.75) is 0 Å². The van der Waals surface area contributed by atoms with E-state index in [1.165, 1.54) is 18.2 Å². The molecule has 0 saturated heterocycles. The Morgan fingerprint density at radius 3 is 2.32 bits per heavy atom. The number of nitrogens with zero attached hydrogens (tertiary/aromatic N) is 1. The third-order valence-corrected chi connectivity index (χ3v) is 2.66. The molecule has 0 fully saturated rings. The molecule has 114 valence electrons. The molecule has 8 heteroatoms. The summed E-state index contributed by atoms with van der Waals surface area (Å²) in [5, 5.41) is 2.47. The number of hydrogen-bond acceptors (Lipinski definition) is 6. The highest BCUT2D eigenvalue weighted by Crippen LogP contribution is 2.22. The van der Waals surface area contributed by atoms with E-state index >= 15 is 0 Å². The lowest BCUT2D eigenvalue weighted by Gasteiger charge is -2.12. The second kappa shape index (κ2) is 6.53. The van der Waals surface area contributed by atoms with Crippen molar-refractivity contribution in [1.82, 2.24) is 10.4 Å². The first-order chi connectivity index (χ1) is 10.5. The number of benzene rings is 1. The normalized spacial score (nSPS) is 12.6. The molecule has 1 aromatic carbocycles. The SMILES string of the molecule is C=CCOC(=O)NCC(=O)ON1C(=O)c2ccccc2C1=O. The van der Waals surface area contributed by atoms with Gasteiger partial charge in [0, 0.05) is 0 Å². The Kier molecular flexibility index (Phi) is 4.52. The van der Waals surface area contributed by atoms with Crippen molar-refractivity contribution in [3.63, 3.8) is 0 Å². The highest BCUT2D eigenvalue weighted by molar-refractivity contribution is 6.20. The van der Waals surface area contributed by atoms with E-state index in [1.807, 2.05) is 0 Å². The van der Waals surface area contributed by atoms with Crippen molar-refractivity contribution in [2.24, 2.45) is 0 Å². The van der Waals surface area contributed by atoms with Crippen LogP contribution in [0.5, 0.6) is 0 Å². The Labute approximate surface area is 125 Å². The number of hydrogen-bond donors (Lipinski definition) is 1. The number of rotatable bonds is 5. The lowest BCUT2D eigenvalue weighted by Crippen LogP contribution is -2.38. The number of ether oxygens (including phenoxy) is 1. The molecular formula is C14H12N2O6. The summed E-state index contributed by atoms with van der Waals surface area (Å²) in [6, 6.07) is 6.08. The molecule has 1 aromatic rings. The van der Waals surface area contributed by atoms with Gasteiger partial charge in [-0.2, -0.15) is 0 Å². The maximum atomic E-state index is 11.9. The van der Waals surface area contributed by atoms with Gasteiger partial charge in [0.05, 0.1) is 11.1 Å². The fourth-order valence-electron chi connectivity index (χ4n) is 1.71. The molecule has 8 nitrogen and oxygen atoms in total. The number of fused-ring (bicyclic) bond motifs is 1. The number of nitrogens with one attached hydrogen (secondary N) is 1. The molecule has 22 heavy (non-hydrogen) atoms. The third kappa shape index (κ3) is 3.11. The average Bonchev–Trinajstić information content (AvgIpc) is 2.76. The van der Waals surface area contributed by atoms with Crippen LogP contribution in [0.2, 0.25) is 0 Å². The summed E-state index contributed by atoms with van der Waals surface area (Å²) < 4.78 is 4.58. The maximum absolute atomic E-state index is 11.9. The summed E-state index contributed by atoms with van der Waals surface area (Å²) >= 11 is 0. The maximum Gasteiger partial charge on any atom is 0.407 e. The smallest absolute Gasteiger partial charge is 0.407 e. The molecule has 0 aromatic heterocycles. The Bertz CT molecular complexity index is 619. The van der Waals surface area contributed by atoms with Crippen molar-refractivity contribution in [3.05, 3.63) is 48.0 Å². The van der Waals surface area contributed by atoms with Crippen LogP contribution < -0.4 is 5.32 Å². The van der Waals surface area contributed by atoms with E-state index in [0.717, 1.165) is 0 Å². The van der Waals surface area contributed by atoms with Gasteiger partial charge in [-0.1, -0.05) is 29.9 Å². The Morgan fingerprint density at radius 1 is 1.18 bits per heavy atom. The summed E-state index contributed by atoms with van der Waals surface area (Å²) in [5.41, 5.74) is 0.303. The molecule has 0 unspecified atom stereocenters. The topological polar surface area (TPSA) is 102 Å². The van der Waals surface area contributed by atoms with E-state index in [-0.39, 0.29) is 17.7 Å². The first-order valence-corrected chi connectivity index (χ1v) is 6.24. The van der Waals surface area contributed by atoms with Crippen LogP contribution in [0.1, 0.15) is 20.7 Å². The van der Waals surface area contributed by atoms with E-state index in [2.05, 4.69) is 21.5 Å². The van der Waals surface area contributed by atoms with Crippen molar-refractivity contribution in [1.29, 1.82) is 0 Å². The van der Waals surface area contributed by atoms with Crippen LogP contribution in [0.4, 0.5) is 4.79 Å². The predicted octanol–water partition coefficient (Wildman–Crippen LogP) is 0.653. The van der Waals surface area contributed by atoms with Crippen LogP contribution in [0.15, 0.2) is 36.9 Å². The van der Waals surface area contributed by atoms with E-state index in [9.17, 15) is 19.2 Å². The van der Waals surface area contributed by atoms with Gasteiger partial charge >= 0.3 is 12.1 Å². The first-order valence-electron chi connectivity index (χ1n) is 6.24. The minimum atomic E-state index is -0.981. The molecular weight excluding hydrogens is 292 g/mol. The fraction of sp³-hybridized carbons (Fsp3) is 0.143. The van der Waals surface area contributed by atoms with Gasteiger partial charge in [0.25, 0.3) is 11.8 Å². The molecule has 0 radical (unpaired) electrons. The molecule has 1 aliphatic heterocycles. The predicted molar refractivity (Wildman–Crippen MR) is 72.6 cm³/mol. The van der Waals surface area contributed by atoms with Crippen LogP contribution in [0, 0.1) is 0 Å². The Morgan fingerprint density at radius 2 is 1.77 bits per heavy atom. The zero-order valence-electron chi connectivity index (χ0n) is 11.4. The Hall–Kier alpha value is -3.16. The van der Waals surface area contributed by atoms with Gasteiger partial charge in [-0.25, -0.2) is 9.59 Å². The molecule has 0 atom stereocenters. The zero-order chi connectivity index (χ0) is 16.1. The number of amides is 3. The highest BCUT2D eigenvalue weighted by Gasteiger charge is 2.38. The van der Waals surface area contributed by atoms with Crippen LogP contribution in [-0.2, 0) is 14.4 Å². The number of alkyl carbamates (subject to hydrolysis) is 1. The lowest BCUT2D eigenvalue weighted by atomic mass is 10.1. The second-order valence-corrected chi connectivity index (χ2v) is 4.15. The fourth-order valence-corrected chi connectivity index (χ4v) is 1.71. The van der Waals surface area contributed by atoms with Gasteiger partial charge < -0.3 is 14.9 Å². The summed E-state index contributed by atoms with van der Waals surface area (Å²) in [4.78, 5) is 51.2. The molecule has 1 heterocycles. The summed E-state index contributed by atoms with van der Waals surface area (Å²) in [7, 11) is 0. The Balaban J connectivity index is 1.91. The van der Waals surface area contributed by atoms with E-state index in [4.69, 9.17) is 0 Å². The van der Waals surface area contributed by atoms with Crippen molar-refractivity contribution < 1.29 is 28.8 Å². The van der Waals surface area contributed by atoms with Crippen LogP contribution in [0.25, 0.3) is 0 Å². The van der Waals surface area contributed by atoms with Crippen LogP contribution in [0.3, 0.4) is 0 Å². The number of carbonyl (C=O) groups is 4. The first kappa shape index (κ1) is 15.2. The van der Waals surface area contributed by atoms with E-state index < -0.39 is 30.4 Å². The monoisotopic (exact) mass is 304 g/mol. The minimum absolute atomic E-state index is 0.0146. The van der Waals surface area contributed by atoms with Crippen LogP contribution in [-0.4, -0.2) is 42.1 Å². The van der Waals surface area contributed by atoms with Gasteiger partial charge in [-0.05, 0) is 12.1 Å². The molecule has 0 saturated carbocycles. The van der Waals surface area contributed by atoms with Crippen molar-refractivity contribution >= 4 is 23.9 Å². The van der Waals surface area contributed by atoms with Crippen LogP contribution >= 0.6 is 0 Å². The third-order valence-electron chi connectivity index (χ3n) is 2.66. The van der Waals surface area contributed by atoms with Gasteiger partial charge in [-0.3, -0.25) is 9.59 Å². The molecule has 1 aliphatic rings. The molecule has 0 aliphatic carbocycles. The molecule has 1 N–H and O–H groups in total. The average molecular weight is 304 g/mol. The molecule has 2 rings (SSSR count). The number of imide groups is 1. The second-order valence-electron chi connectivity index (χ2n) is 4.15. The minimum Gasteiger partial charge on any atom is -0.445 e. The van der Waals surface area contributed by atoms with Crippen molar-refractivity contribution in [3.8, 4) is 0 Å². The molecule has 0 bridgehead atoms. The largest absolute Gasteiger partial charge is 0.445 e. The van der Waals surface area contributed by atoms with E-state index in [0.29, 0.717) is 5.06 Å². The summed E-state index contributed by atoms with van der Waals surface area (Å²) in [6.07, 6.45) is 0.510. The number of hydroxylamine groups is 2.